The van der Waals surface area contributed by atoms with E-state index in [1.54, 1.807) is 0 Å². The van der Waals surface area contributed by atoms with Gasteiger partial charge in [-0.25, -0.2) is 5.01 Å². The average Bonchev–Trinajstić information content (AvgIpc) is 2.16. The molecule has 3 fully saturated rings. The van der Waals surface area contributed by atoms with Crippen LogP contribution in [0.1, 0.15) is 46.5 Å². The third-order valence-corrected chi connectivity index (χ3v) is 3.41. The second kappa shape index (κ2) is 3.45. The van der Waals surface area contributed by atoms with E-state index >= 15 is 0 Å². The first-order valence-corrected chi connectivity index (χ1v) is 5.59. The quantitative estimate of drug-likeness (QED) is 0.487. The molecule has 3 rings (SSSR count). The summed E-state index contributed by atoms with van der Waals surface area (Å²) >= 11 is 0. The van der Waals surface area contributed by atoms with Crippen molar-refractivity contribution < 1.29 is 0 Å². The molecule has 3 aliphatic rings. The highest BCUT2D eigenvalue weighted by Gasteiger charge is 2.44. The maximum absolute atomic E-state index is 5.61. The average molecular weight is 198 g/mol. The number of rotatable bonds is 1. The van der Waals surface area contributed by atoms with Gasteiger partial charge in [-0.05, 0) is 46.5 Å². The molecule has 0 radical (unpaired) electrons. The fraction of sp³-hybridized carbons (Fsp3) is 1.00. The van der Waals surface area contributed by atoms with Crippen molar-refractivity contribution >= 4 is 0 Å². The minimum absolute atomic E-state index is 0.163. The van der Waals surface area contributed by atoms with E-state index in [4.69, 9.17) is 5.84 Å². The van der Waals surface area contributed by atoms with Crippen molar-refractivity contribution in [1.29, 1.82) is 0 Å². The van der Waals surface area contributed by atoms with Gasteiger partial charge in [0, 0.05) is 17.6 Å². The van der Waals surface area contributed by atoms with Gasteiger partial charge in [-0.2, -0.15) is 10.7 Å². The van der Waals surface area contributed by atoms with Crippen molar-refractivity contribution in [3.8, 4) is 0 Å². The van der Waals surface area contributed by atoms with Crippen molar-refractivity contribution in [3.63, 3.8) is 0 Å². The van der Waals surface area contributed by atoms with Crippen molar-refractivity contribution in [1.82, 2.24) is 15.7 Å². The Labute approximate surface area is 86.3 Å². The fourth-order valence-electron chi connectivity index (χ4n) is 2.94. The summed E-state index contributed by atoms with van der Waals surface area (Å²) in [7, 11) is 0. The number of nitrogens with one attached hydrogen (secondary N) is 1. The summed E-state index contributed by atoms with van der Waals surface area (Å²) in [6.07, 6.45) is 5.20. The van der Waals surface area contributed by atoms with Crippen LogP contribution in [0.15, 0.2) is 0 Å². The van der Waals surface area contributed by atoms with Gasteiger partial charge in [0.25, 0.3) is 0 Å². The Balaban J connectivity index is 2.20. The molecule has 0 aromatic rings. The summed E-state index contributed by atoms with van der Waals surface area (Å²) in [6, 6.07) is 1.28. The number of nitrogens with two attached hydrogens (primary N) is 1. The standard InChI is InChI=1S/C10H22N4/c1-10(2,3)13-8-4-6-9(7-5-8)14(13)12-11/h8-9,12H,4-7,11H2,1-3H3. The molecule has 14 heavy (non-hydrogen) atoms. The fourth-order valence-corrected chi connectivity index (χ4v) is 2.94. The van der Waals surface area contributed by atoms with Crippen LogP contribution in [-0.4, -0.2) is 27.7 Å². The van der Waals surface area contributed by atoms with Crippen molar-refractivity contribution in [2.24, 2.45) is 5.84 Å². The molecule has 3 N–H and O–H groups in total. The third kappa shape index (κ3) is 1.56. The van der Waals surface area contributed by atoms with E-state index < -0.39 is 0 Å². The van der Waals surface area contributed by atoms with E-state index in [0.717, 1.165) is 0 Å². The van der Waals surface area contributed by atoms with Gasteiger partial charge in [-0.1, -0.05) is 0 Å². The summed E-state index contributed by atoms with van der Waals surface area (Å²) in [5, 5.41) is 4.57. The van der Waals surface area contributed by atoms with Crippen LogP contribution < -0.4 is 11.4 Å². The van der Waals surface area contributed by atoms with Crippen LogP contribution in [-0.2, 0) is 0 Å². The second-order valence-electron chi connectivity index (χ2n) is 5.45. The van der Waals surface area contributed by atoms with E-state index in [-0.39, 0.29) is 5.54 Å². The topological polar surface area (TPSA) is 44.5 Å². The first-order chi connectivity index (χ1) is 6.54. The number of hydrogen-bond donors (Lipinski definition) is 2. The third-order valence-electron chi connectivity index (χ3n) is 3.41. The summed E-state index contributed by atoms with van der Waals surface area (Å²) < 4.78 is 0. The molecule has 1 aliphatic carbocycles. The zero-order valence-electron chi connectivity index (χ0n) is 9.45. The van der Waals surface area contributed by atoms with Gasteiger partial charge in [0.2, 0.25) is 0 Å². The molecule has 2 heterocycles. The number of fused-ring (bicyclic) bond motifs is 3. The molecular weight excluding hydrogens is 176 g/mol. The van der Waals surface area contributed by atoms with E-state index in [9.17, 15) is 0 Å². The van der Waals surface area contributed by atoms with Crippen LogP contribution in [0.5, 0.6) is 0 Å². The first-order valence-electron chi connectivity index (χ1n) is 5.59. The highest BCUT2D eigenvalue weighted by Crippen LogP contribution is 2.37. The summed E-state index contributed by atoms with van der Waals surface area (Å²) in [4.78, 5) is 0. The van der Waals surface area contributed by atoms with Gasteiger partial charge >= 0.3 is 0 Å². The maximum atomic E-state index is 5.61. The lowest BCUT2D eigenvalue weighted by Gasteiger charge is -2.57. The molecule has 2 bridgehead atoms. The van der Waals surface area contributed by atoms with Gasteiger partial charge in [0.05, 0.1) is 0 Å². The zero-order chi connectivity index (χ0) is 10.3. The largest absolute Gasteiger partial charge is 0.256 e. The zero-order valence-corrected chi connectivity index (χ0v) is 9.45. The Kier molecular flexibility index (Phi) is 2.55. The normalized spacial score (nSPS) is 35.1. The summed E-state index contributed by atoms with van der Waals surface area (Å²) in [5.41, 5.74) is 3.01. The predicted molar refractivity (Wildman–Crippen MR) is 56.8 cm³/mol. The summed E-state index contributed by atoms with van der Waals surface area (Å²) in [6.45, 7) is 6.74. The summed E-state index contributed by atoms with van der Waals surface area (Å²) in [5.74, 6) is 5.61. The Morgan fingerprint density at radius 2 is 1.57 bits per heavy atom. The molecule has 0 spiro atoms. The smallest absolute Gasteiger partial charge is 0.0417 e. The van der Waals surface area contributed by atoms with Crippen LogP contribution in [0, 0.1) is 0 Å². The van der Waals surface area contributed by atoms with Crippen molar-refractivity contribution in [2.45, 2.75) is 64.1 Å². The highest BCUT2D eigenvalue weighted by atomic mass is 15.9. The molecule has 4 nitrogen and oxygen atoms in total. The van der Waals surface area contributed by atoms with Gasteiger partial charge in [0.15, 0.2) is 0 Å². The Morgan fingerprint density at radius 3 is 1.93 bits per heavy atom. The van der Waals surface area contributed by atoms with Crippen LogP contribution in [0.25, 0.3) is 0 Å². The minimum atomic E-state index is 0.163. The molecular formula is C10H22N4. The molecule has 1 saturated carbocycles. The Morgan fingerprint density at radius 1 is 1.07 bits per heavy atom. The predicted octanol–water partition coefficient (Wildman–Crippen LogP) is 1.01. The van der Waals surface area contributed by atoms with E-state index in [0.29, 0.717) is 12.1 Å². The molecule has 82 valence electrons. The lowest BCUT2D eigenvalue weighted by Crippen LogP contribution is -2.71. The van der Waals surface area contributed by atoms with Gasteiger partial charge < -0.3 is 0 Å². The van der Waals surface area contributed by atoms with Crippen LogP contribution >= 0.6 is 0 Å². The second-order valence-corrected chi connectivity index (χ2v) is 5.45. The van der Waals surface area contributed by atoms with Crippen LogP contribution in [0.3, 0.4) is 0 Å². The lowest BCUT2D eigenvalue weighted by molar-refractivity contribution is -0.230. The molecule has 0 unspecified atom stereocenters. The highest BCUT2D eigenvalue weighted by molar-refractivity contribution is 4.92. The molecule has 0 amide bonds. The van der Waals surface area contributed by atoms with Crippen molar-refractivity contribution in [2.75, 3.05) is 0 Å². The molecule has 2 saturated heterocycles. The van der Waals surface area contributed by atoms with Gasteiger partial charge in [-0.15, -0.1) is 0 Å². The van der Waals surface area contributed by atoms with Crippen molar-refractivity contribution in [3.05, 3.63) is 0 Å². The number of hydrogen-bond acceptors (Lipinski definition) is 4. The minimum Gasteiger partial charge on any atom is -0.256 e. The molecule has 2 aliphatic heterocycles. The SMILES string of the molecule is CC(C)(C)N1C2CCC(CC2)N1NN. The van der Waals surface area contributed by atoms with Gasteiger partial charge in [-0.3, -0.25) is 5.84 Å². The lowest BCUT2D eigenvalue weighted by atomic mass is 9.85. The molecule has 0 atom stereocenters. The Bertz CT molecular complexity index is 203. The van der Waals surface area contributed by atoms with Crippen LogP contribution in [0.2, 0.25) is 0 Å². The van der Waals surface area contributed by atoms with Crippen LogP contribution in [0.4, 0.5) is 0 Å². The first kappa shape index (κ1) is 10.4. The molecule has 0 aromatic carbocycles. The Hall–Kier alpha value is -0.160. The van der Waals surface area contributed by atoms with E-state index in [2.05, 4.69) is 36.4 Å². The maximum Gasteiger partial charge on any atom is 0.0417 e. The molecule has 0 aromatic heterocycles. The van der Waals surface area contributed by atoms with E-state index in [1.165, 1.54) is 25.7 Å². The van der Waals surface area contributed by atoms with E-state index in [1.807, 2.05) is 0 Å². The number of hydrazine groups is 3. The number of nitrogens with zero attached hydrogens (tertiary/aromatic N) is 2. The van der Waals surface area contributed by atoms with Gasteiger partial charge in [0.1, 0.15) is 0 Å². The molecule has 4 heteroatoms. The monoisotopic (exact) mass is 198 g/mol.